The number of aromatic nitrogens is 4. The molecule has 0 saturated carbocycles. The van der Waals surface area contributed by atoms with E-state index in [1.807, 2.05) is 19.1 Å². The SMILES string of the molecule is C=CCOC(=O)c1ccc2c(c1C)CC[C@@H]2NC(=O)c1cc(C(=O)NCc2ccnc(N3CCOCC3)c2)nc2c(F)cnn12. The highest BCUT2D eigenvalue weighted by Gasteiger charge is 2.29. The summed E-state index contributed by atoms with van der Waals surface area (Å²) >= 11 is 0. The van der Waals surface area contributed by atoms with E-state index in [2.05, 4.69) is 37.2 Å². The van der Waals surface area contributed by atoms with Gasteiger partial charge in [-0.25, -0.2) is 23.7 Å². The molecule has 2 aliphatic rings. The largest absolute Gasteiger partial charge is 0.458 e. The number of morpholine rings is 1. The van der Waals surface area contributed by atoms with Gasteiger partial charge in [0, 0.05) is 31.9 Å². The summed E-state index contributed by atoms with van der Waals surface area (Å²) in [6.07, 6.45) is 5.38. The van der Waals surface area contributed by atoms with Crippen LogP contribution in [0.2, 0.25) is 0 Å². The number of halogens is 1. The maximum Gasteiger partial charge on any atom is 0.338 e. The van der Waals surface area contributed by atoms with Crippen LogP contribution in [0.15, 0.2) is 55.4 Å². The van der Waals surface area contributed by atoms with Gasteiger partial charge in [0.25, 0.3) is 11.8 Å². The number of ether oxygens (including phenoxy) is 2. The Labute approximate surface area is 258 Å². The molecule has 1 fully saturated rings. The van der Waals surface area contributed by atoms with Crippen molar-refractivity contribution in [3.05, 3.63) is 100 Å². The van der Waals surface area contributed by atoms with E-state index in [0.29, 0.717) is 31.6 Å². The number of benzene rings is 1. The molecule has 1 saturated heterocycles. The van der Waals surface area contributed by atoms with Crippen LogP contribution in [0.3, 0.4) is 0 Å². The first-order valence-corrected chi connectivity index (χ1v) is 14.7. The maximum absolute atomic E-state index is 14.7. The zero-order valence-electron chi connectivity index (χ0n) is 24.7. The molecular weight excluding hydrogens is 581 g/mol. The van der Waals surface area contributed by atoms with Crippen LogP contribution in [-0.2, 0) is 22.4 Å². The van der Waals surface area contributed by atoms with Crippen molar-refractivity contribution in [2.24, 2.45) is 0 Å². The van der Waals surface area contributed by atoms with Gasteiger partial charge < -0.3 is 25.0 Å². The van der Waals surface area contributed by atoms with Crippen molar-refractivity contribution in [2.75, 3.05) is 37.8 Å². The highest BCUT2D eigenvalue weighted by Crippen LogP contribution is 2.35. The van der Waals surface area contributed by atoms with E-state index >= 15 is 0 Å². The molecule has 45 heavy (non-hydrogen) atoms. The second kappa shape index (κ2) is 12.8. The number of amides is 2. The summed E-state index contributed by atoms with van der Waals surface area (Å²) in [6.45, 7) is 8.41. The fraction of sp³-hybridized carbons (Fsp3) is 0.312. The van der Waals surface area contributed by atoms with Crippen molar-refractivity contribution >= 4 is 29.2 Å². The van der Waals surface area contributed by atoms with E-state index in [9.17, 15) is 18.8 Å². The first-order chi connectivity index (χ1) is 21.8. The van der Waals surface area contributed by atoms with Crippen molar-refractivity contribution in [1.29, 1.82) is 0 Å². The third-order valence-electron chi connectivity index (χ3n) is 8.04. The Balaban J connectivity index is 1.19. The number of esters is 1. The second-order valence-corrected chi connectivity index (χ2v) is 10.8. The predicted molar refractivity (Wildman–Crippen MR) is 162 cm³/mol. The molecule has 0 bridgehead atoms. The molecule has 1 atom stereocenters. The summed E-state index contributed by atoms with van der Waals surface area (Å²) in [5.74, 6) is -1.53. The lowest BCUT2D eigenvalue weighted by Crippen LogP contribution is -2.36. The fourth-order valence-electron chi connectivity index (χ4n) is 5.72. The second-order valence-electron chi connectivity index (χ2n) is 10.8. The smallest absolute Gasteiger partial charge is 0.338 e. The molecular formula is C32H32FN7O5. The zero-order valence-corrected chi connectivity index (χ0v) is 24.7. The van der Waals surface area contributed by atoms with Crippen LogP contribution in [0.4, 0.5) is 10.2 Å². The number of fused-ring (bicyclic) bond motifs is 2. The number of pyridine rings is 1. The summed E-state index contributed by atoms with van der Waals surface area (Å²) in [4.78, 5) is 50.0. The fourth-order valence-corrected chi connectivity index (χ4v) is 5.72. The molecule has 13 heteroatoms. The molecule has 6 rings (SSSR count). The van der Waals surface area contributed by atoms with Crippen LogP contribution in [0.1, 0.15) is 66.1 Å². The molecule has 2 amide bonds. The summed E-state index contributed by atoms with van der Waals surface area (Å²) in [7, 11) is 0. The summed E-state index contributed by atoms with van der Waals surface area (Å²) in [6, 6.07) is 8.12. The highest BCUT2D eigenvalue weighted by molar-refractivity contribution is 5.98. The van der Waals surface area contributed by atoms with Crippen LogP contribution in [0, 0.1) is 12.7 Å². The van der Waals surface area contributed by atoms with Gasteiger partial charge in [-0.1, -0.05) is 18.7 Å². The van der Waals surface area contributed by atoms with Crippen molar-refractivity contribution in [3.8, 4) is 0 Å². The van der Waals surface area contributed by atoms with E-state index < -0.39 is 23.6 Å². The number of nitrogens with one attached hydrogen (secondary N) is 2. The van der Waals surface area contributed by atoms with Crippen LogP contribution >= 0.6 is 0 Å². The normalized spacial score (nSPS) is 15.9. The van der Waals surface area contributed by atoms with Crippen LogP contribution in [0.25, 0.3) is 5.65 Å². The predicted octanol–water partition coefficient (Wildman–Crippen LogP) is 3.10. The van der Waals surface area contributed by atoms with Gasteiger partial charge in [0.15, 0.2) is 11.5 Å². The van der Waals surface area contributed by atoms with Gasteiger partial charge in [0.2, 0.25) is 0 Å². The maximum atomic E-state index is 14.7. The minimum absolute atomic E-state index is 0.0395. The number of carbonyl (C=O) groups is 3. The first kappa shape index (κ1) is 29.9. The Morgan fingerprint density at radius 1 is 1.18 bits per heavy atom. The summed E-state index contributed by atoms with van der Waals surface area (Å²) < 4.78 is 26.3. The van der Waals surface area contributed by atoms with Gasteiger partial charge >= 0.3 is 5.97 Å². The molecule has 4 aromatic rings. The van der Waals surface area contributed by atoms with Gasteiger partial charge in [0.05, 0.1) is 31.0 Å². The molecule has 2 N–H and O–H groups in total. The average molecular weight is 614 g/mol. The summed E-state index contributed by atoms with van der Waals surface area (Å²) in [5, 5.41) is 9.78. The standard InChI is InChI=1S/C32H32FN7O5/c1-3-12-45-32(43)22-4-5-23-21(19(22)2)6-7-25(23)38-31(42)27-16-26(37-29-24(33)18-36-40(27)29)30(41)35-17-20-8-9-34-28(15-20)39-10-13-44-14-11-39/h3-5,8-9,15-16,18,25H,1,6-7,10-14,17H2,2H3,(H,35,41)(H,38,42)/t25-/m0/s1. The lowest BCUT2D eigenvalue weighted by Gasteiger charge is -2.28. The monoisotopic (exact) mass is 613 g/mol. The molecule has 0 unspecified atom stereocenters. The zero-order chi connectivity index (χ0) is 31.5. The number of hydrogen-bond donors (Lipinski definition) is 2. The third kappa shape index (κ3) is 6.11. The van der Waals surface area contributed by atoms with Gasteiger partial charge in [-0.15, -0.1) is 0 Å². The number of nitrogens with zero attached hydrogens (tertiary/aromatic N) is 5. The Hall–Kier alpha value is -5.17. The van der Waals surface area contributed by atoms with E-state index in [1.54, 1.807) is 18.3 Å². The average Bonchev–Trinajstić information content (AvgIpc) is 3.66. The molecule has 3 aromatic heterocycles. The Kier molecular flexibility index (Phi) is 8.52. The molecule has 232 valence electrons. The van der Waals surface area contributed by atoms with E-state index in [0.717, 1.165) is 51.9 Å². The summed E-state index contributed by atoms with van der Waals surface area (Å²) in [5.41, 5.74) is 3.52. The molecule has 1 aromatic carbocycles. The van der Waals surface area contributed by atoms with E-state index in [-0.39, 0.29) is 36.2 Å². The topological polar surface area (TPSA) is 140 Å². The molecule has 1 aliphatic carbocycles. The van der Waals surface area contributed by atoms with Crippen molar-refractivity contribution in [3.63, 3.8) is 0 Å². The highest BCUT2D eigenvalue weighted by atomic mass is 19.1. The number of carbonyl (C=O) groups excluding carboxylic acids is 3. The van der Waals surface area contributed by atoms with Crippen LogP contribution in [-0.4, -0.2) is 70.3 Å². The molecule has 1 aliphatic heterocycles. The molecule has 0 spiro atoms. The first-order valence-electron chi connectivity index (χ1n) is 14.7. The molecule has 4 heterocycles. The Morgan fingerprint density at radius 3 is 2.80 bits per heavy atom. The minimum Gasteiger partial charge on any atom is -0.458 e. The van der Waals surface area contributed by atoms with Gasteiger partial charge in [-0.2, -0.15) is 5.10 Å². The lowest BCUT2D eigenvalue weighted by molar-refractivity contribution is 0.0548. The van der Waals surface area contributed by atoms with Crippen molar-refractivity contribution in [2.45, 2.75) is 32.4 Å². The van der Waals surface area contributed by atoms with E-state index in [1.165, 1.54) is 12.1 Å². The van der Waals surface area contributed by atoms with Crippen molar-refractivity contribution in [1.82, 2.24) is 30.2 Å². The molecule has 12 nitrogen and oxygen atoms in total. The Morgan fingerprint density at radius 2 is 2.00 bits per heavy atom. The van der Waals surface area contributed by atoms with Gasteiger partial charge in [-0.3, -0.25) is 9.59 Å². The number of hydrogen-bond acceptors (Lipinski definition) is 9. The third-order valence-corrected chi connectivity index (χ3v) is 8.04. The van der Waals surface area contributed by atoms with Crippen LogP contribution < -0.4 is 15.5 Å². The van der Waals surface area contributed by atoms with Crippen LogP contribution in [0.5, 0.6) is 0 Å². The quantitative estimate of drug-likeness (QED) is 0.215. The van der Waals surface area contributed by atoms with Gasteiger partial charge in [0.1, 0.15) is 23.8 Å². The lowest BCUT2D eigenvalue weighted by atomic mass is 9.98. The minimum atomic E-state index is -0.763. The molecule has 0 radical (unpaired) electrons. The van der Waals surface area contributed by atoms with Gasteiger partial charge in [-0.05, 0) is 60.2 Å². The van der Waals surface area contributed by atoms with E-state index in [4.69, 9.17) is 9.47 Å². The number of rotatable bonds is 9. The number of anilines is 1. The van der Waals surface area contributed by atoms with Crippen molar-refractivity contribution < 1.29 is 28.2 Å². The Bertz CT molecular complexity index is 1800.